The Kier molecular flexibility index (Phi) is 1.49. The molecule has 0 saturated heterocycles. The third-order valence-corrected chi connectivity index (χ3v) is 3.09. The van der Waals surface area contributed by atoms with Crippen LogP contribution in [0.5, 0.6) is 0 Å². The van der Waals surface area contributed by atoms with Gasteiger partial charge in [-0.2, -0.15) is 0 Å². The van der Waals surface area contributed by atoms with E-state index in [0.29, 0.717) is 10.6 Å². The SMILES string of the molecule is O=S1N=NN=C2C1=Cc1ccccc12. The van der Waals surface area contributed by atoms with Gasteiger partial charge in [-0.3, -0.25) is 0 Å². The molecular formula is C9H5N3OS. The number of fused-ring (bicyclic) bond motifs is 3. The van der Waals surface area contributed by atoms with Crippen molar-refractivity contribution in [3.8, 4) is 0 Å². The van der Waals surface area contributed by atoms with Crippen LogP contribution < -0.4 is 0 Å². The fourth-order valence-electron chi connectivity index (χ4n) is 1.56. The molecule has 0 radical (unpaired) electrons. The van der Waals surface area contributed by atoms with Crippen LogP contribution >= 0.6 is 0 Å². The maximum atomic E-state index is 11.4. The van der Waals surface area contributed by atoms with Crippen LogP contribution in [-0.2, 0) is 11.0 Å². The molecular weight excluding hydrogens is 198 g/mol. The summed E-state index contributed by atoms with van der Waals surface area (Å²) in [6.45, 7) is 0. The highest BCUT2D eigenvalue weighted by atomic mass is 32.2. The molecule has 1 aromatic rings. The summed E-state index contributed by atoms with van der Waals surface area (Å²) < 4.78 is 14.9. The van der Waals surface area contributed by atoms with Crippen LogP contribution in [0.3, 0.4) is 0 Å². The van der Waals surface area contributed by atoms with Crippen molar-refractivity contribution < 1.29 is 4.21 Å². The van der Waals surface area contributed by atoms with E-state index in [1.54, 1.807) is 0 Å². The fraction of sp³-hybridized carbons (Fsp3) is 0. The summed E-state index contributed by atoms with van der Waals surface area (Å²) in [5.41, 5.74) is 2.70. The maximum Gasteiger partial charge on any atom is 0.195 e. The van der Waals surface area contributed by atoms with Crippen LogP contribution in [0.2, 0.25) is 0 Å². The minimum atomic E-state index is -1.38. The van der Waals surface area contributed by atoms with Gasteiger partial charge in [0.05, 0.1) is 4.91 Å². The van der Waals surface area contributed by atoms with Crippen LogP contribution in [0.4, 0.5) is 0 Å². The third-order valence-electron chi connectivity index (χ3n) is 2.18. The van der Waals surface area contributed by atoms with Crippen molar-refractivity contribution in [2.24, 2.45) is 14.8 Å². The highest BCUT2D eigenvalue weighted by Crippen LogP contribution is 2.30. The summed E-state index contributed by atoms with van der Waals surface area (Å²) in [4.78, 5) is 0.654. The van der Waals surface area contributed by atoms with Gasteiger partial charge in [0.2, 0.25) is 0 Å². The van der Waals surface area contributed by atoms with Crippen molar-refractivity contribution in [3.63, 3.8) is 0 Å². The first-order valence-corrected chi connectivity index (χ1v) is 5.19. The van der Waals surface area contributed by atoms with Gasteiger partial charge >= 0.3 is 0 Å². The topological polar surface area (TPSA) is 54.1 Å². The second kappa shape index (κ2) is 2.68. The predicted molar refractivity (Wildman–Crippen MR) is 54.0 cm³/mol. The van der Waals surface area contributed by atoms with Gasteiger partial charge in [0.25, 0.3) is 0 Å². The normalized spacial score (nSPS) is 22.4. The molecule has 1 aliphatic heterocycles. The molecule has 0 amide bonds. The van der Waals surface area contributed by atoms with Gasteiger partial charge in [-0.25, -0.2) is 4.21 Å². The molecule has 0 saturated carbocycles. The van der Waals surface area contributed by atoms with Gasteiger partial charge in [-0.1, -0.05) is 28.8 Å². The maximum absolute atomic E-state index is 11.4. The Hall–Kier alpha value is -1.62. The molecule has 0 spiro atoms. The molecule has 3 rings (SSSR count). The lowest BCUT2D eigenvalue weighted by Gasteiger charge is -2.02. The standard InChI is InChI=1S/C9H5N3OS/c13-14-8-5-6-3-1-2-4-7(6)9(8)10-11-12-14/h1-5H. The van der Waals surface area contributed by atoms with Crippen LogP contribution in [0.15, 0.2) is 44.0 Å². The number of benzene rings is 1. The van der Waals surface area contributed by atoms with Crippen molar-refractivity contribution in [3.05, 3.63) is 40.3 Å². The lowest BCUT2D eigenvalue weighted by Crippen LogP contribution is -2.06. The molecule has 1 heterocycles. The average Bonchev–Trinajstić information content (AvgIpc) is 2.59. The van der Waals surface area contributed by atoms with Gasteiger partial charge < -0.3 is 0 Å². The number of hydrogen-bond donors (Lipinski definition) is 0. The fourth-order valence-corrected chi connectivity index (χ4v) is 2.29. The first-order chi connectivity index (χ1) is 6.86. The van der Waals surface area contributed by atoms with E-state index in [9.17, 15) is 4.21 Å². The first-order valence-electron chi connectivity index (χ1n) is 4.08. The zero-order valence-electron chi connectivity index (χ0n) is 7.04. The monoisotopic (exact) mass is 203 g/mol. The largest absolute Gasteiger partial charge is 0.228 e. The van der Waals surface area contributed by atoms with Crippen LogP contribution in [0, 0.1) is 0 Å². The number of rotatable bonds is 0. The Balaban J connectivity index is 2.29. The van der Waals surface area contributed by atoms with Crippen molar-refractivity contribution in [1.29, 1.82) is 0 Å². The quantitative estimate of drug-likeness (QED) is 0.635. The highest BCUT2D eigenvalue weighted by Gasteiger charge is 2.26. The molecule has 1 aromatic carbocycles. The molecule has 0 aromatic heterocycles. The minimum absolute atomic E-state index is 0.654. The van der Waals surface area contributed by atoms with E-state index in [0.717, 1.165) is 11.1 Å². The summed E-state index contributed by atoms with van der Waals surface area (Å²) in [6.07, 6.45) is 1.85. The second-order valence-electron chi connectivity index (χ2n) is 2.96. The van der Waals surface area contributed by atoms with Gasteiger partial charge in [-0.05, 0) is 16.9 Å². The number of hydrogen-bond acceptors (Lipinski definition) is 3. The smallest absolute Gasteiger partial charge is 0.195 e. The van der Waals surface area contributed by atoms with Gasteiger partial charge in [0.1, 0.15) is 5.71 Å². The molecule has 0 bridgehead atoms. The third kappa shape index (κ3) is 0.927. The number of allylic oxidation sites excluding steroid dienone is 1. The summed E-state index contributed by atoms with van der Waals surface area (Å²) >= 11 is 0. The van der Waals surface area contributed by atoms with E-state index in [4.69, 9.17) is 0 Å². The van der Waals surface area contributed by atoms with E-state index >= 15 is 0 Å². The molecule has 0 N–H and O–H groups in total. The molecule has 1 atom stereocenters. The number of nitrogens with zero attached hydrogens (tertiary/aromatic N) is 3. The van der Waals surface area contributed by atoms with Crippen molar-refractivity contribution in [2.75, 3.05) is 0 Å². The molecule has 1 aliphatic carbocycles. The van der Waals surface area contributed by atoms with Gasteiger partial charge in [0, 0.05) is 5.56 Å². The van der Waals surface area contributed by atoms with E-state index in [1.165, 1.54) is 0 Å². The average molecular weight is 203 g/mol. The highest BCUT2D eigenvalue weighted by molar-refractivity contribution is 7.89. The molecule has 1 unspecified atom stereocenters. The summed E-state index contributed by atoms with van der Waals surface area (Å²) in [5.74, 6) is 0. The Labute approximate surface area is 82.6 Å². The first kappa shape index (κ1) is 7.75. The molecule has 4 nitrogen and oxygen atoms in total. The zero-order chi connectivity index (χ0) is 9.54. The molecule has 0 fully saturated rings. The van der Waals surface area contributed by atoms with Gasteiger partial charge in [0.15, 0.2) is 11.0 Å². The van der Waals surface area contributed by atoms with E-state index in [-0.39, 0.29) is 0 Å². The lowest BCUT2D eigenvalue weighted by molar-refractivity contribution is 0.686. The molecule has 5 heteroatoms. The van der Waals surface area contributed by atoms with Crippen molar-refractivity contribution >= 4 is 22.8 Å². The zero-order valence-corrected chi connectivity index (χ0v) is 7.86. The van der Waals surface area contributed by atoms with E-state index < -0.39 is 11.0 Å². The Morgan fingerprint density at radius 3 is 3.00 bits per heavy atom. The Bertz CT molecular complexity index is 531. The minimum Gasteiger partial charge on any atom is -0.228 e. The predicted octanol–water partition coefficient (Wildman–Crippen LogP) is 1.87. The molecule has 2 aliphatic rings. The molecule has 14 heavy (non-hydrogen) atoms. The van der Waals surface area contributed by atoms with Crippen molar-refractivity contribution in [1.82, 2.24) is 0 Å². The van der Waals surface area contributed by atoms with Crippen molar-refractivity contribution in [2.45, 2.75) is 0 Å². The summed E-state index contributed by atoms with van der Waals surface area (Å²) in [7, 11) is -1.38. The van der Waals surface area contributed by atoms with E-state index in [2.05, 4.69) is 14.8 Å². The summed E-state index contributed by atoms with van der Waals surface area (Å²) in [6, 6.07) is 7.76. The Morgan fingerprint density at radius 2 is 2.07 bits per heavy atom. The summed E-state index contributed by atoms with van der Waals surface area (Å²) in [5, 5.41) is 7.37. The molecule has 68 valence electrons. The van der Waals surface area contributed by atoms with Gasteiger partial charge in [-0.15, -0.1) is 5.10 Å². The second-order valence-corrected chi connectivity index (χ2v) is 4.07. The van der Waals surface area contributed by atoms with Crippen LogP contribution in [0.1, 0.15) is 11.1 Å². The van der Waals surface area contributed by atoms with Crippen LogP contribution in [0.25, 0.3) is 6.08 Å². The lowest BCUT2D eigenvalue weighted by atomic mass is 10.1. The van der Waals surface area contributed by atoms with E-state index in [1.807, 2.05) is 30.3 Å². The Morgan fingerprint density at radius 1 is 1.21 bits per heavy atom. The van der Waals surface area contributed by atoms with Crippen LogP contribution in [-0.4, -0.2) is 9.92 Å².